The molecule has 1 N–H and O–H groups in total. The number of piperidine rings is 1. The molecule has 2 amide bonds. The van der Waals surface area contributed by atoms with Crippen LogP contribution in [0.2, 0.25) is 0 Å². The number of amides is 2. The molecule has 0 radical (unpaired) electrons. The van der Waals surface area contributed by atoms with Crippen molar-refractivity contribution in [1.29, 1.82) is 0 Å². The van der Waals surface area contributed by atoms with Crippen molar-refractivity contribution in [2.45, 2.75) is 77.6 Å². The third kappa shape index (κ3) is 5.75. The molecule has 36 heavy (non-hydrogen) atoms. The normalized spacial score (nSPS) is 21.1. The van der Waals surface area contributed by atoms with E-state index in [0.29, 0.717) is 12.5 Å². The Morgan fingerprint density at radius 3 is 2.53 bits per heavy atom. The molecule has 6 nitrogen and oxygen atoms in total. The number of ether oxygens (including phenoxy) is 2. The zero-order valence-corrected chi connectivity index (χ0v) is 22.0. The smallest absolute Gasteiger partial charge is 0.230 e. The van der Waals surface area contributed by atoms with Gasteiger partial charge in [0.2, 0.25) is 12.3 Å². The number of benzene rings is 2. The minimum Gasteiger partial charge on any atom is -0.490 e. The largest absolute Gasteiger partial charge is 0.490 e. The van der Waals surface area contributed by atoms with Gasteiger partial charge in [0.05, 0.1) is 18.1 Å². The van der Waals surface area contributed by atoms with Crippen molar-refractivity contribution in [1.82, 2.24) is 10.2 Å². The average Bonchev–Trinajstić information content (AvgIpc) is 2.89. The summed E-state index contributed by atoms with van der Waals surface area (Å²) in [5, 5.41) is 2.81. The lowest BCUT2D eigenvalue weighted by atomic mass is 9.82. The van der Waals surface area contributed by atoms with Crippen LogP contribution in [0.15, 0.2) is 42.5 Å². The molecule has 0 aromatic heterocycles. The Balaban J connectivity index is 1.48. The van der Waals surface area contributed by atoms with Crippen LogP contribution in [-0.4, -0.2) is 49.1 Å². The number of aryl methyl sites for hydroxylation is 1. The minimum atomic E-state index is -0.207. The molecule has 6 heteroatoms. The summed E-state index contributed by atoms with van der Waals surface area (Å²) >= 11 is 0. The second-order valence-electron chi connectivity index (χ2n) is 10.4. The van der Waals surface area contributed by atoms with E-state index in [0.717, 1.165) is 67.6 Å². The first-order valence-corrected chi connectivity index (χ1v) is 13.4. The number of rotatable bonds is 9. The molecule has 0 aliphatic carbocycles. The van der Waals surface area contributed by atoms with Gasteiger partial charge in [-0.15, -0.1) is 0 Å². The van der Waals surface area contributed by atoms with Crippen molar-refractivity contribution in [3.05, 3.63) is 64.7 Å². The quantitative estimate of drug-likeness (QED) is 0.504. The first kappa shape index (κ1) is 26.2. The van der Waals surface area contributed by atoms with Crippen LogP contribution >= 0.6 is 0 Å². The number of hydrogen-bond acceptors (Lipinski definition) is 4. The highest BCUT2D eigenvalue weighted by Crippen LogP contribution is 2.41. The van der Waals surface area contributed by atoms with Gasteiger partial charge in [0, 0.05) is 31.6 Å². The fourth-order valence-electron chi connectivity index (χ4n) is 5.75. The topological polar surface area (TPSA) is 67.9 Å². The third-order valence-electron chi connectivity index (χ3n) is 7.61. The van der Waals surface area contributed by atoms with E-state index in [9.17, 15) is 9.59 Å². The van der Waals surface area contributed by atoms with Crippen molar-refractivity contribution in [2.75, 3.05) is 19.6 Å². The van der Waals surface area contributed by atoms with Crippen LogP contribution in [0.4, 0.5) is 0 Å². The molecule has 194 valence electrons. The molecule has 2 aromatic carbocycles. The van der Waals surface area contributed by atoms with Crippen LogP contribution in [0.5, 0.6) is 5.75 Å². The molecule has 1 fully saturated rings. The lowest BCUT2D eigenvalue weighted by Gasteiger charge is -2.41. The maximum atomic E-state index is 13.4. The molecule has 2 heterocycles. The molecule has 2 aliphatic rings. The predicted molar refractivity (Wildman–Crippen MR) is 141 cm³/mol. The summed E-state index contributed by atoms with van der Waals surface area (Å²) < 4.78 is 12.9. The van der Waals surface area contributed by atoms with E-state index < -0.39 is 0 Å². The van der Waals surface area contributed by atoms with E-state index in [4.69, 9.17) is 9.47 Å². The number of fused-ring (bicyclic) bond motifs is 1. The minimum absolute atomic E-state index is 0.0283. The van der Waals surface area contributed by atoms with Crippen LogP contribution in [0.25, 0.3) is 0 Å². The van der Waals surface area contributed by atoms with E-state index >= 15 is 0 Å². The second-order valence-corrected chi connectivity index (χ2v) is 10.4. The van der Waals surface area contributed by atoms with Gasteiger partial charge in [0.25, 0.3) is 0 Å². The van der Waals surface area contributed by atoms with Gasteiger partial charge >= 0.3 is 0 Å². The monoisotopic (exact) mass is 492 g/mol. The third-order valence-corrected chi connectivity index (χ3v) is 7.61. The predicted octanol–water partition coefficient (Wildman–Crippen LogP) is 4.94. The van der Waals surface area contributed by atoms with E-state index in [1.54, 1.807) is 0 Å². The highest BCUT2D eigenvalue weighted by atomic mass is 16.5. The van der Waals surface area contributed by atoms with Crippen LogP contribution in [0.1, 0.15) is 74.3 Å². The van der Waals surface area contributed by atoms with Gasteiger partial charge < -0.3 is 19.7 Å². The number of likely N-dealkylation sites (tertiary alicyclic amines) is 1. The second kappa shape index (κ2) is 11.9. The number of nitrogens with zero attached hydrogens (tertiary/aromatic N) is 1. The fourth-order valence-corrected chi connectivity index (χ4v) is 5.75. The van der Waals surface area contributed by atoms with Crippen molar-refractivity contribution in [2.24, 2.45) is 5.92 Å². The maximum Gasteiger partial charge on any atom is 0.230 e. The van der Waals surface area contributed by atoms with Crippen molar-refractivity contribution in [3.8, 4) is 5.75 Å². The molecule has 1 saturated heterocycles. The first-order valence-electron chi connectivity index (χ1n) is 13.4. The Morgan fingerprint density at radius 1 is 1.17 bits per heavy atom. The summed E-state index contributed by atoms with van der Waals surface area (Å²) in [6.07, 6.45) is 4.04. The van der Waals surface area contributed by atoms with Gasteiger partial charge in [-0.05, 0) is 62.6 Å². The lowest BCUT2D eigenvalue weighted by molar-refractivity contribution is -0.136. The van der Waals surface area contributed by atoms with Crippen molar-refractivity contribution < 1.29 is 19.1 Å². The number of carbonyl (C=O) groups is 2. The zero-order chi connectivity index (χ0) is 25.7. The number of hydrogen-bond donors (Lipinski definition) is 1. The van der Waals surface area contributed by atoms with Crippen molar-refractivity contribution in [3.63, 3.8) is 0 Å². The van der Waals surface area contributed by atoms with Crippen LogP contribution in [0, 0.1) is 12.8 Å². The van der Waals surface area contributed by atoms with Crippen molar-refractivity contribution >= 4 is 12.3 Å². The molecule has 2 aliphatic heterocycles. The maximum absolute atomic E-state index is 13.4. The highest BCUT2D eigenvalue weighted by molar-refractivity contribution is 5.83. The van der Waals surface area contributed by atoms with Crippen LogP contribution < -0.4 is 10.1 Å². The van der Waals surface area contributed by atoms with Gasteiger partial charge in [-0.1, -0.05) is 49.4 Å². The SMILES string of the molecule is CCC(C(=O)N1CCC([C@@H]2Cc3c(ccc(C)c3OC(C)C)C(CNC=O)O2)CC1)c1ccccc1. The molecular formula is C30H40N2O4. The van der Waals surface area contributed by atoms with E-state index in [2.05, 4.69) is 43.4 Å². The summed E-state index contributed by atoms with van der Waals surface area (Å²) in [5.41, 5.74) is 4.52. The van der Waals surface area contributed by atoms with Gasteiger partial charge in [0.15, 0.2) is 0 Å². The Hall–Kier alpha value is -2.86. The highest BCUT2D eigenvalue weighted by Gasteiger charge is 2.37. The Bertz CT molecular complexity index is 1030. The molecule has 0 saturated carbocycles. The Labute approximate surface area is 215 Å². The summed E-state index contributed by atoms with van der Waals surface area (Å²) in [5.74, 6) is 1.45. The van der Waals surface area contributed by atoms with E-state index in [1.807, 2.05) is 36.9 Å². The first-order chi connectivity index (χ1) is 17.4. The van der Waals surface area contributed by atoms with Gasteiger partial charge in [-0.3, -0.25) is 9.59 Å². The molecule has 2 unspecified atom stereocenters. The van der Waals surface area contributed by atoms with E-state index in [-0.39, 0.29) is 30.1 Å². The van der Waals surface area contributed by atoms with Gasteiger partial charge in [-0.2, -0.15) is 0 Å². The molecule has 4 rings (SSSR count). The standard InChI is InChI=1S/C30H40N2O4/c1-5-24(22-9-7-6-8-10-22)30(34)32-15-13-23(14-16-32)27-17-26-25(28(36-27)18-31-19-33)12-11-21(4)29(26)35-20(2)3/h6-12,19-20,23-24,27-28H,5,13-18H2,1-4H3,(H,31,33)/t24?,27-,28?/m0/s1. The van der Waals surface area contributed by atoms with E-state index in [1.165, 1.54) is 5.56 Å². The lowest BCUT2D eigenvalue weighted by Crippen LogP contribution is -2.45. The summed E-state index contributed by atoms with van der Waals surface area (Å²) in [6.45, 7) is 10.2. The molecule has 0 spiro atoms. The molecular weight excluding hydrogens is 452 g/mol. The molecule has 0 bridgehead atoms. The summed E-state index contributed by atoms with van der Waals surface area (Å²) in [6, 6.07) is 14.3. The molecule has 3 atom stereocenters. The Kier molecular flexibility index (Phi) is 8.68. The number of nitrogens with one attached hydrogen (secondary N) is 1. The van der Waals surface area contributed by atoms with Crippen LogP contribution in [-0.2, 0) is 20.7 Å². The van der Waals surface area contributed by atoms with Crippen LogP contribution in [0.3, 0.4) is 0 Å². The number of carbonyl (C=O) groups excluding carboxylic acids is 2. The zero-order valence-electron chi connectivity index (χ0n) is 22.0. The average molecular weight is 493 g/mol. The fraction of sp³-hybridized carbons (Fsp3) is 0.533. The van der Waals surface area contributed by atoms with Gasteiger partial charge in [-0.25, -0.2) is 0 Å². The van der Waals surface area contributed by atoms with Gasteiger partial charge in [0.1, 0.15) is 11.9 Å². The molecule has 2 aromatic rings. The Morgan fingerprint density at radius 2 is 1.89 bits per heavy atom. The summed E-state index contributed by atoms with van der Waals surface area (Å²) in [4.78, 5) is 26.5. The summed E-state index contributed by atoms with van der Waals surface area (Å²) in [7, 11) is 0.